The summed E-state index contributed by atoms with van der Waals surface area (Å²) in [5.41, 5.74) is 1.15. The number of halogens is 1. The molecule has 1 radical (unpaired) electrons. The number of hydrogen-bond acceptors (Lipinski definition) is 2. The second-order valence-electron chi connectivity index (χ2n) is 1.83. The normalized spacial score (nSPS) is 8.90. The molecule has 10 heavy (non-hydrogen) atoms. The van der Waals surface area contributed by atoms with Gasteiger partial charge in [-0.05, 0) is 12.5 Å². The van der Waals surface area contributed by atoms with Crippen LogP contribution in [0.2, 0.25) is 5.02 Å². The van der Waals surface area contributed by atoms with Crippen LogP contribution in [0.4, 0.5) is 0 Å². The Labute approximate surface area is 64.1 Å². The standard InChI is InChI=1S/C7H4ClN2/c1-5-6(2-9)3-10-4-7(5)8/h4H,1H3. The predicted molar refractivity (Wildman–Crippen MR) is 37.5 cm³/mol. The van der Waals surface area contributed by atoms with Crippen LogP contribution in [0, 0.1) is 24.5 Å². The molecule has 49 valence electrons. The van der Waals surface area contributed by atoms with Crippen molar-refractivity contribution >= 4 is 11.6 Å². The summed E-state index contributed by atoms with van der Waals surface area (Å²) in [5.74, 6) is 0. The first kappa shape index (κ1) is 7.04. The minimum atomic E-state index is 0.410. The van der Waals surface area contributed by atoms with Crippen LogP contribution in [0.25, 0.3) is 0 Å². The highest BCUT2D eigenvalue weighted by molar-refractivity contribution is 6.31. The van der Waals surface area contributed by atoms with Crippen LogP contribution in [0.15, 0.2) is 6.20 Å². The van der Waals surface area contributed by atoms with Gasteiger partial charge >= 0.3 is 0 Å². The molecule has 1 heterocycles. The van der Waals surface area contributed by atoms with Crippen LogP contribution in [-0.4, -0.2) is 4.98 Å². The quantitative estimate of drug-likeness (QED) is 0.566. The van der Waals surface area contributed by atoms with Crippen molar-refractivity contribution in [3.8, 4) is 6.07 Å². The molecule has 0 unspecified atom stereocenters. The Balaban J connectivity index is 3.31. The highest BCUT2D eigenvalue weighted by atomic mass is 35.5. The predicted octanol–water partition coefficient (Wildman–Crippen LogP) is 1.72. The number of nitrogens with zero attached hydrogens (tertiary/aromatic N) is 2. The van der Waals surface area contributed by atoms with Gasteiger partial charge in [-0.15, -0.1) is 0 Å². The summed E-state index contributed by atoms with van der Waals surface area (Å²) in [5, 5.41) is 8.97. The lowest BCUT2D eigenvalue weighted by molar-refractivity contribution is 1.24. The summed E-state index contributed by atoms with van der Waals surface area (Å²) < 4.78 is 0. The van der Waals surface area contributed by atoms with Crippen LogP contribution in [0.5, 0.6) is 0 Å². The molecule has 3 heteroatoms. The SMILES string of the molecule is Cc1c(C#N)[c]ncc1Cl. The van der Waals surface area contributed by atoms with Gasteiger partial charge in [-0.2, -0.15) is 5.26 Å². The Kier molecular flexibility index (Phi) is 1.88. The van der Waals surface area contributed by atoms with Gasteiger partial charge in [0, 0.05) is 6.20 Å². The van der Waals surface area contributed by atoms with Gasteiger partial charge in [0.25, 0.3) is 0 Å². The van der Waals surface area contributed by atoms with E-state index in [1.807, 2.05) is 6.07 Å². The Morgan fingerprint density at radius 3 is 3.00 bits per heavy atom. The lowest BCUT2D eigenvalue weighted by Gasteiger charge is -1.95. The molecule has 0 fully saturated rings. The number of nitriles is 1. The van der Waals surface area contributed by atoms with Gasteiger partial charge in [-0.1, -0.05) is 11.6 Å². The van der Waals surface area contributed by atoms with E-state index in [0.29, 0.717) is 10.6 Å². The fraction of sp³-hybridized carbons (Fsp3) is 0.143. The van der Waals surface area contributed by atoms with E-state index in [2.05, 4.69) is 11.2 Å². The van der Waals surface area contributed by atoms with Gasteiger partial charge in [0.15, 0.2) is 0 Å². The highest BCUT2D eigenvalue weighted by Crippen LogP contribution is 2.15. The van der Waals surface area contributed by atoms with Crippen molar-refractivity contribution in [2.45, 2.75) is 6.92 Å². The molecule has 0 aliphatic rings. The van der Waals surface area contributed by atoms with E-state index in [1.54, 1.807) is 6.92 Å². The minimum Gasteiger partial charge on any atom is -0.252 e. The minimum absolute atomic E-state index is 0.410. The molecule has 0 atom stereocenters. The Morgan fingerprint density at radius 1 is 1.80 bits per heavy atom. The van der Waals surface area contributed by atoms with Gasteiger partial charge < -0.3 is 0 Å². The molecule has 1 aromatic heterocycles. The van der Waals surface area contributed by atoms with E-state index in [-0.39, 0.29) is 0 Å². The Bertz CT molecular complexity index is 288. The van der Waals surface area contributed by atoms with Crippen LogP contribution in [-0.2, 0) is 0 Å². The summed E-state index contributed by atoms with van der Waals surface area (Å²) in [6.45, 7) is 1.76. The van der Waals surface area contributed by atoms with Crippen LogP contribution < -0.4 is 0 Å². The molecule has 0 bridgehead atoms. The third kappa shape index (κ3) is 1.09. The van der Waals surface area contributed by atoms with E-state index in [9.17, 15) is 0 Å². The van der Waals surface area contributed by atoms with Crippen molar-refractivity contribution in [2.24, 2.45) is 0 Å². The molecular weight excluding hydrogens is 148 g/mol. The summed E-state index contributed by atoms with van der Waals surface area (Å²) in [7, 11) is 0. The first-order chi connectivity index (χ1) is 4.75. The van der Waals surface area contributed by atoms with Crippen molar-refractivity contribution < 1.29 is 0 Å². The van der Waals surface area contributed by atoms with Gasteiger partial charge in [0.1, 0.15) is 12.3 Å². The van der Waals surface area contributed by atoms with Gasteiger partial charge in [0.2, 0.25) is 0 Å². The Morgan fingerprint density at radius 2 is 2.50 bits per heavy atom. The number of rotatable bonds is 0. The maximum Gasteiger partial charge on any atom is 0.108 e. The van der Waals surface area contributed by atoms with Crippen molar-refractivity contribution in [1.82, 2.24) is 4.98 Å². The summed E-state index contributed by atoms with van der Waals surface area (Å²) in [6.07, 6.45) is 4.00. The zero-order valence-electron chi connectivity index (χ0n) is 5.35. The van der Waals surface area contributed by atoms with Crippen LogP contribution >= 0.6 is 11.6 Å². The van der Waals surface area contributed by atoms with E-state index >= 15 is 0 Å². The monoisotopic (exact) mass is 151 g/mol. The molecule has 0 amide bonds. The van der Waals surface area contributed by atoms with Gasteiger partial charge in [-0.3, -0.25) is 4.98 Å². The molecule has 0 spiro atoms. The van der Waals surface area contributed by atoms with Gasteiger partial charge in [0.05, 0.1) is 10.6 Å². The smallest absolute Gasteiger partial charge is 0.108 e. The largest absolute Gasteiger partial charge is 0.252 e. The number of aromatic nitrogens is 1. The average molecular weight is 152 g/mol. The Hall–Kier alpha value is -1.07. The maximum absolute atomic E-state index is 8.46. The molecule has 0 saturated carbocycles. The second kappa shape index (κ2) is 2.68. The first-order valence-corrected chi connectivity index (χ1v) is 3.06. The van der Waals surface area contributed by atoms with Crippen LogP contribution in [0.3, 0.4) is 0 Å². The van der Waals surface area contributed by atoms with E-state index in [4.69, 9.17) is 16.9 Å². The average Bonchev–Trinajstić information content (AvgIpc) is 1.95. The fourth-order valence-electron chi connectivity index (χ4n) is 0.562. The molecule has 0 saturated heterocycles. The van der Waals surface area contributed by atoms with E-state index in [0.717, 1.165) is 5.56 Å². The number of pyridine rings is 1. The highest BCUT2D eigenvalue weighted by Gasteiger charge is 2.00. The van der Waals surface area contributed by atoms with E-state index < -0.39 is 0 Å². The third-order valence-corrected chi connectivity index (χ3v) is 1.58. The van der Waals surface area contributed by atoms with Crippen molar-refractivity contribution in [3.63, 3.8) is 0 Å². The molecule has 0 aliphatic heterocycles. The first-order valence-electron chi connectivity index (χ1n) is 2.68. The molecule has 1 rings (SSSR count). The number of hydrogen-bond donors (Lipinski definition) is 0. The lowest BCUT2D eigenvalue weighted by atomic mass is 10.2. The zero-order chi connectivity index (χ0) is 7.56. The van der Waals surface area contributed by atoms with Crippen molar-refractivity contribution in [2.75, 3.05) is 0 Å². The summed E-state index contributed by atoms with van der Waals surface area (Å²) in [6, 6.07) is 1.93. The summed E-state index contributed by atoms with van der Waals surface area (Å²) >= 11 is 5.66. The molecule has 0 aliphatic carbocycles. The fourth-order valence-corrected chi connectivity index (χ4v) is 0.706. The zero-order valence-corrected chi connectivity index (χ0v) is 6.11. The lowest BCUT2D eigenvalue weighted by Crippen LogP contribution is -1.85. The molecule has 0 aromatic carbocycles. The maximum atomic E-state index is 8.46. The van der Waals surface area contributed by atoms with Crippen molar-refractivity contribution in [3.05, 3.63) is 28.5 Å². The van der Waals surface area contributed by atoms with Crippen LogP contribution in [0.1, 0.15) is 11.1 Å². The topological polar surface area (TPSA) is 36.7 Å². The third-order valence-electron chi connectivity index (χ3n) is 1.20. The second-order valence-corrected chi connectivity index (χ2v) is 2.24. The summed E-state index contributed by atoms with van der Waals surface area (Å²) in [4.78, 5) is 3.64. The molecule has 0 N–H and O–H groups in total. The van der Waals surface area contributed by atoms with Gasteiger partial charge in [-0.25, -0.2) is 0 Å². The molecule has 2 nitrogen and oxygen atoms in total. The molecular formula is C7H4ClN2. The van der Waals surface area contributed by atoms with E-state index in [1.165, 1.54) is 6.20 Å². The molecule has 1 aromatic rings. The van der Waals surface area contributed by atoms with Crippen molar-refractivity contribution in [1.29, 1.82) is 5.26 Å².